The summed E-state index contributed by atoms with van der Waals surface area (Å²) in [5.74, 6) is 2.35. The van der Waals surface area contributed by atoms with Crippen molar-refractivity contribution >= 4 is 0 Å². The Morgan fingerprint density at radius 3 is 2.22 bits per heavy atom. The molecule has 1 aliphatic heterocycles. The average Bonchev–Trinajstić information content (AvgIpc) is 3.09. The standard InChI is InChI=1S/C19H20N4/c1-3-7-15(8-4-1)18-21-19(16-11-13-20-14-12-16)23(22-18)17-9-5-2-6-10-17/h1-10,16,20H,11-14H2. The summed E-state index contributed by atoms with van der Waals surface area (Å²) in [6, 6.07) is 20.5. The van der Waals surface area contributed by atoms with Crippen LogP contribution >= 0.6 is 0 Å². The quantitative estimate of drug-likeness (QED) is 0.806. The Morgan fingerprint density at radius 1 is 0.870 bits per heavy atom. The lowest BCUT2D eigenvalue weighted by molar-refractivity contribution is 0.438. The number of benzene rings is 2. The molecule has 1 N–H and O–H groups in total. The highest BCUT2D eigenvalue weighted by Gasteiger charge is 2.23. The van der Waals surface area contributed by atoms with Gasteiger partial charge in [-0.2, -0.15) is 0 Å². The van der Waals surface area contributed by atoms with Crippen LogP contribution in [0, 0.1) is 0 Å². The summed E-state index contributed by atoms with van der Waals surface area (Å²) in [5.41, 5.74) is 2.15. The number of hydrogen-bond donors (Lipinski definition) is 1. The van der Waals surface area contributed by atoms with Gasteiger partial charge in [-0.15, -0.1) is 5.10 Å². The van der Waals surface area contributed by atoms with Crippen LogP contribution in [0.25, 0.3) is 17.1 Å². The van der Waals surface area contributed by atoms with E-state index in [1.54, 1.807) is 0 Å². The molecule has 0 saturated carbocycles. The van der Waals surface area contributed by atoms with E-state index in [0.717, 1.165) is 48.8 Å². The molecule has 0 radical (unpaired) electrons. The highest BCUT2D eigenvalue weighted by Crippen LogP contribution is 2.28. The predicted octanol–water partition coefficient (Wildman–Crippen LogP) is 3.40. The molecule has 0 bridgehead atoms. The Labute approximate surface area is 136 Å². The fourth-order valence-corrected chi connectivity index (χ4v) is 3.14. The van der Waals surface area contributed by atoms with Gasteiger partial charge in [0.25, 0.3) is 0 Å². The largest absolute Gasteiger partial charge is 0.317 e. The molecule has 116 valence electrons. The summed E-state index contributed by atoms with van der Waals surface area (Å²) >= 11 is 0. The van der Waals surface area contributed by atoms with Crippen molar-refractivity contribution in [2.75, 3.05) is 13.1 Å². The number of aromatic nitrogens is 3. The maximum absolute atomic E-state index is 4.90. The minimum Gasteiger partial charge on any atom is -0.317 e. The first-order valence-electron chi connectivity index (χ1n) is 8.20. The lowest BCUT2D eigenvalue weighted by atomic mass is 9.97. The summed E-state index contributed by atoms with van der Waals surface area (Å²) in [6.45, 7) is 2.10. The Hall–Kier alpha value is -2.46. The van der Waals surface area contributed by atoms with E-state index in [-0.39, 0.29) is 0 Å². The normalized spacial score (nSPS) is 15.7. The van der Waals surface area contributed by atoms with Crippen LogP contribution in [-0.4, -0.2) is 27.9 Å². The summed E-state index contributed by atoms with van der Waals surface area (Å²) in [6.07, 6.45) is 2.22. The number of para-hydroxylation sites is 1. The first-order chi connectivity index (χ1) is 11.4. The van der Waals surface area contributed by atoms with E-state index >= 15 is 0 Å². The van der Waals surface area contributed by atoms with Crippen LogP contribution in [0.5, 0.6) is 0 Å². The molecule has 23 heavy (non-hydrogen) atoms. The molecule has 0 spiro atoms. The highest BCUT2D eigenvalue weighted by atomic mass is 15.4. The summed E-state index contributed by atoms with van der Waals surface area (Å²) in [4.78, 5) is 4.90. The predicted molar refractivity (Wildman–Crippen MR) is 91.6 cm³/mol. The third-order valence-corrected chi connectivity index (χ3v) is 4.37. The molecule has 4 heteroatoms. The molecular weight excluding hydrogens is 284 g/mol. The van der Waals surface area contributed by atoms with Crippen molar-refractivity contribution in [3.8, 4) is 17.1 Å². The van der Waals surface area contributed by atoms with Crippen LogP contribution in [0.4, 0.5) is 0 Å². The van der Waals surface area contributed by atoms with Gasteiger partial charge in [-0.25, -0.2) is 9.67 Å². The van der Waals surface area contributed by atoms with Crippen molar-refractivity contribution in [1.29, 1.82) is 0 Å². The van der Waals surface area contributed by atoms with E-state index < -0.39 is 0 Å². The van der Waals surface area contributed by atoms with Crippen molar-refractivity contribution in [3.63, 3.8) is 0 Å². The number of rotatable bonds is 3. The Bertz CT molecular complexity index is 759. The molecule has 1 fully saturated rings. The van der Waals surface area contributed by atoms with E-state index in [0.29, 0.717) is 5.92 Å². The van der Waals surface area contributed by atoms with Gasteiger partial charge in [0.1, 0.15) is 5.82 Å². The van der Waals surface area contributed by atoms with Gasteiger partial charge in [-0.3, -0.25) is 0 Å². The second kappa shape index (κ2) is 6.34. The van der Waals surface area contributed by atoms with Crippen LogP contribution in [0.15, 0.2) is 60.7 Å². The van der Waals surface area contributed by atoms with Gasteiger partial charge >= 0.3 is 0 Å². The van der Waals surface area contributed by atoms with E-state index in [9.17, 15) is 0 Å². The fraction of sp³-hybridized carbons (Fsp3) is 0.263. The number of nitrogens with one attached hydrogen (secondary N) is 1. The topological polar surface area (TPSA) is 42.7 Å². The SMILES string of the molecule is c1ccc(-c2nc(C3CCNCC3)n(-c3ccccc3)n2)cc1. The molecule has 4 rings (SSSR count). The molecule has 2 heterocycles. The molecule has 3 aromatic rings. The molecular formula is C19H20N4. The lowest BCUT2D eigenvalue weighted by Gasteiger charge is -2.22. The van der Waals surface area contributed by atoms with E-state index in [1.807, 2.05) is 41.1 Å². The zero-order valence-corrected chi connectivity index (χ0v) is 13.0. The van der Waals surface area contributed by atoms with Crippen LogP contribution in [-0.2, 0) is 0 Å². The summed E-state index contributed by atoms with van der Waals surface area (Å²) in [5, 5.41) is 8.24. The minimum absolute atomic E-state index is 0.460. The van der Waals surface area contributed by atoms with E-state index in [4.69, 9.17) is 10.1 Å². The summed E-state index contributed by atoms with van der Waals surface area (Å²) in [7, 11) is 0. The Kier molecular flexibility index (Phi) is 3.90. The summed E-state index contributed by atoms with van der Waals surface area (Å²) < 4.78 is 2.03. The number of nitrogens with zero attached hydrogens (tertiary/aromatic N) is 3. The van der Waals surface area contributed by atoms with Gasteiger partial charge in [0.2, 0.25) is 0 Å². The van der Waals surface area contributed by atoms with Crippen LogP contribution in [0.3, 0.4) is 0 Å². The zero-order chi connectivity index (χ0) is 15.5. The first-order valence-corrected chi connectivity index (χ1v) is 8.20. The van der Waals surface area contributed by atoms with E-state index in [2.05, 4.69) is 29.6 Å². The van der Waals surface area contributed by atoms with Gasteiger partial charge in [0.15, 0.2) is 5.82 Å². The first kappa shape index (κ1) is 14.2. The molecule has 1 saturated heterocycles. The highest BCUT2D eigenvalue weighted by molar-refractivity contribution is 5.55. The molecule has 0 aliphatic carbocycles. The van der Waals surface area contributed by atoms with Gasteiger partial charge in [0, 0.05) is 11.5 Å². The van der Waals surface area contributed by atoms with E-state index in [1.165, 1.54) is 0 Å². The smallest absolute Gasteiger partial charge is 0.181 e. The van der Waals surface area contributed by atoms with Crippen molar-refractivity contribution < 1.29 is 0 Å². The Balaban J connectivity index is 1.80. The molecule has 1 aromatic heterocycles. The van der Waals surface area contributed by atoms with Gasteiger partial charge in [-0.1, -0.05) is 48.5 Å². The molecule has 1 aliphatic rings. The maximum atomic E-state index is 4.90. The Morgan fingerprint density at radius 2 is 1.52 bits per heavy atom. The second-order valence-corrected chi connectivity index (χ2v) is 5.93. The number of piperidine rings is 1. The maximum Gasteiger partial charge on any atom is 0.181 e. The molecule has 0 unspecified atom stereocenters. The lowest BCUT2D eigenvalue weighted by Crippen LogP contribution is -2.28. The van der Waals surface area contributed by atoms with Crippen molar-refractivity contribution in [3.05, 3.63) is 66.5 Å². The molecule has 2 aromatic carbocycles. The minimum atomic E-state index is 0.460. The average molecular weight is 304 g/mol. The number of hydrogen-bond acceptors (Lipinski definition) is 3. The third-order valence-electron chi connectivity index (χ3n) is 4.37. The van der Waals surface area contributed by atoms with Crippen molar-refractivity contribution in [2.45, 2.75) is 18.8 Å². The van der Waals surface area contributed by atoms with Crippen molar-refractivity contribution in [2.24, 2.45) is 0 Å². The fourth-order valence-electron chi connectivity index (χ4n) is 3.14. The van der Waals surface area contributed by atoms with Gasteiger partial charge < -0.3 is 5.32 Å². The third kappa shape index (κ3) is 2.90. The molecule has 0 atom stereocenters. The second-order valence-electron chi connectivity index (χ2n) is 5.93. The van der Waals surface area contributed by atoms with Crippen LogP contribution in [0.1, 0.15) is 24.6 Å². The monoisotopic (exact) mass is 304 g/mol. The molecule has 4 nitrogen and oxygen atoms in total. The van der Waals surface area contributed by atoms with Gasteiger partial charge in [-0.05, 0) is 38.1 Å². The van der Waals surface area contributed by atoms with Crippen molar-refractivity contribution in [1.82, 2.24) is 20.1 Å². The zero-order valence-electron chi connectivity index (χ0n) is 13.0. The van der Waals surface area contributed by atoms with Crippen LogP contribution in [0.2, 0.25) is 0 Å². The van der Waals surface area contributed by atoms with Gasteiger partial charge in [0.05, 0.1) is 5.69 Å². The van der Waals surface area contributed by atoms with Crippen LogP contribution < -0.4 is 5.32 Å². The molecule has 0 amide bonds.